The second kappa shape index (κ2) is 5.70. The molecule has 0 aliphatic heterocycles. The van der Waals surface area contributed by atoms with E-state index in [0.29, 0.717) is 11.3 Å². The molecule has 1 aromatic heterocycles. The minimum Gasteiger partial charge on any atom is -0.481 e. The molecule has 8 heteroatoms. The van der Waals surface area contributed by atoms with Crippen molar-refractivity contribution in [3.63, 3.8) is 0 Å². The van der Waals surface area contributed by atoms with Gasteiger partial charge >= 0.3 is 5.97 Å². The van der Waals surface area contributed by atoms with Crippen molar-refractivity contribution in [2.45, 2.75) is 13.8 Å². The van der Waals surface area contributed by atoms with Crippen molar-refractivity contribution in [3.8, 4) is 5.69 Å². The smallest absolute Gasteiger partial charge is 0.310 e. The number of hydrogen-bond acceptors (Lipinski definition) is 5. The molecule has 0 aliphatic carbocycles. The lowest BCUT2D eigenvalue weighted by atomic mass is 9.94. The molecule has 110 valence electrons. The third-order valence-electron chi connectivity index (χ3n) is 2.99. The van der Waals surface area contributed by atoms with E-state index in [2.05, 4.69) is 20.8 Å². The Balaban J connectivity index is 2.10. The van der Waals surface area contributed by atoms with Crippen LogP contribution in [0.1, 0.15) is 24.2 Å². The van der Waals surface area contributed by atoms with Gasteiger partial charge in [0.25, 0.3) is 5.91 Å². The molecule has 8 nitrogen and oxygen atoms in total. The van der Waals surface area contributed by atoms with Crippen LogP contribution in [0.15, 0.2) is 30.6 Å². The van der Waals surface area contributed by atoms with E-state index in [9.17, 15) is 9.59 Å². The number of aromatic nitrogens is 4. The standard InChI is InChI=1S/C13H15N5O3/c1-13(2,12(20)21)7-14-11(19)9-4-3-5-10(6-9)18-8-15-16-17-18/h3-6,8H,7H2,1-2H3,(H,14,19)(H,20,21). The summed E-state index contributed by atoms with van der Waals surface area (Å²) >= 11 is 0. The zero-order valence-electron chi connectivity index (χ0n) is 11.6. The van der Waals surface area contributed by atoms with Crippen LogP contribution in [0.3, 0.4) is 0 Å². The number of carbonyl (C=O) groups is 2. The van der Waals surface area contributed by atoms with Crippen molar-refractivity contribution in [2.24, 2.45) is 5.41 Å². The lowest BCUT2D eigenvalue weighted by molar-refractivity contribution is -0.146. The van der Waals surface area contributed by atoms with Crippen LogP contribution in [0, 0.1) is 5.41 Å². The fraction of sp³-hybridized carbons (Fsp3) is 0.308. The first-order chi connectivity index (χ1) is 9.90. The molecule has 0 aliphatic rings. The van der Waals surface area contributed by atoms with E-state index in [4.69, 9.17) is 5.11 Å². The molecule has 2 N–H and O–H groups in total. The molecule has 2 aromatic rings. The molecule has 0 fully saturated rings. The maximum atomic E-state index is 12.1. The molecule has 0 bridgehead atoms. The molecule has 0 saturated heterocycles. The van der Waals surface area contributed by atoms with Crippen LogP contribution >= 0.6 is 0 Å². The largest absolute Gasteiger partial charge is 0.481 e. The average Bonchev–Trinajstić information content (AvgIpc) is 2.99. The summed E-state index contributed by atoms with van der Waals surface area (Å²) in [7, 11) is 0. The van der Waals surface area contributed by atoms with Gasteiger partial charge in [0.15, 0.2) is 0 Å². The minimum absolute atomic E-state index is 0.0380. The summed E-state index contributed by atoms with van der Waals surface area (Å²) in [6.07, 6.45) is 1.42. The predicted octanol–water partition coefficient (Wildman–Crippen LogP) is 0.503. The monoisotopic (exact) mass is 289 g/mol. The van der Waals surface area contributed by atoms with Gasteiger partial charge in [0.05, 0.1) is 11.1 Å². The molecule has 21 heavy (non-hydrogen) atoms. The number of rotatable bonds is 5. The highest BCUT2D eigenvalue weighted by Crippen LogP contribution is 2.14. The van der Waals surface area contributed by atoms with E-state index in [1.54, 1.807) is 38.1 Å². The normalized spacial score (nSPS) is 11.1. The van der Waals surface area contributed by atoms with Gasteiger partial charge in [-0.25, -0.2) is 4.68 Å². The minimum atomic E-state index is -1.02. The summed E-state index contributed by atoms with van der Waals surface area (Å²) in [5.41, 5.74) is 0.0256. The van der Waals surface area contributed by atoms with Gasteiger partial charge in [0.2, 0.25) is 0 Å². The number of aliphatic carboxylic acids is 1. The Morgan fingerprint density at radius 3 is 2.76 bits per heavy atom. The van der Waals surface area contributed by atoms with E-state index in [1.165, 1.54) is 11.0 Å². The van der Waals surface area contributed by atoms with Crippen LogP contribution in [-0.2, 0) is 4.79 Å². The lowest BCUT2D eigenvalue weighted by Gasteiger charge is -2.19. The fourth-order valence-electron chi connectivity index (χ4n) is 1.55. The maximum absolute atomic E-state index is 12.1. The first-order valence-electron chi connectivity index (χ1n) is 6.25. The van der Waals surface area contributed by atoms with E-state index in [0.717, 1.165) is 0 Å². The van der Waals surface area contributed by atoms with Crippen LogP contribution in [-0.4, -0.2) is 43.7 Å². The second-order valence-corrected chi connectivity index (χ2v) is 5.18. The van der Waals surface area contributed by atoms with Gasteiger partial charge in [0.1, 0.15) is 6.33 Å². The Kier molecular flexibility index (Phi) is 3.97. The summed E-state index contributed by atoms with van der Waals surface area (Å²) in [6, 6.07) is 6.72. The summed E-state index contributed by atoms with van der Waals surface area (Å²) in [5.74, 6) is -1.32. The maximum Gasteiger partial charge on any atom is 0.310 e. The van der Waals surface area contributed by atoms with Gasteiger partial charge in [-0.15, -0.1) is 5.10 Å². The van der Waals surface area contributed by atoms with E-state index in [-0.39, 0.29) is 12.5 Å². The van der Waals surface area contributed by atoms with Gasteiger partial charge < -0.3 is 10.4 Å². The molecule has 0 radical (unpaired) electrons. The molecule has 0 unspecified atom stereocenters. The highest BCUT2D eigenvalue weighted by Gasteiger charge is 2.27. The van der Waals surface area contributed by atoms with Gasteiger partial charge in [-0.05, 0) is 42.5 Å². The highest BCUT2D eigenvalue weighted by molar-refractivity contribution is 5.95. The third-order valence-corrected chi connectivity index (χ3v) is 2.99. The number of tetrazole rings is 1. The van der Waals surface area contributed by atoms with Gasteiger partial charge in [-0.2, -0.15) is 0 Å². The van der Waals surface area contributed by atoms with Gasteiger partial charge in [-0.3, -0.25) is 9.59 Å². The molecular formula is C13H15N5O3. The lowest BCUT2D eigenvalue weighted by Crippen LogP contribution is -2.38. The topological polar surface area (TPSA) is 110 Å². The Morgan fingerprint density at radius 1 is 1.38 bits per heavy atom. The molecule has 0 saturated carbocycles. The van der Waals surface area contributed by atoms with Crippen LogP contribution in [0.4, 0.5) is 0 Å². The quantitative estimate of drug-likeness (QED) is 0.829. The highest BCUT2D eigenvalue weighted by atomic mass is 16.4. The number of carboxylic acids is 1. The van der Waals surface area contributed by atoms with E-state index < -0.39 is 11.4 Å². The Labute approximate surface area is 120 Å². The van der Waals surface area contributed by atoms with Gasteiger partial charge in [0, 0.05) is 12.1 Å². The molecule has 1 amide bonds. The molecule has 1 heterocycles. The molecule has 0 spiro atoms. The second-order valence-electron chi connectivity index (χ2n) is 5.18. The van der Waals surface area contributed by atoms with Crippen molar-refractivity contribution >= 4 is 11.9 Å². The van der Waals surface area contributed by atoms with Crippen molar-refractivity contribution in [2.75, 3.05) is 6.54 Å². The van der Waals surface area contributed by atoms with Crippen molar-refractivity contribution in [1.29, 1.82) is 0 Å². The first kappa shape index (κ1) is 14.6. The Morgan fingerprint density at radius 2 is 2.14 bits per heavy atom. The Hall–Kier alpha value is -2.77. The van der Waals surface area contributed by atoms with Crippen LogP contribution in [0.5, 0.6) is 0 Å². The molecule has 1 aromatic carbocycles. The number of nitrogens with one attached hydrogen (secondary N) is 1. The molecule has 2 rings (SSSR count). The first-order valence-corrected chi connectivity index (χ1v) is 6.25. The van der Waals surface area contributed by atoms with Crippen molar-refractivity contribution in [1.82, 2.24) is 25.5 Å². The zero-order chi connectivity index (χ0) is 15.5. The molecular weight excluding hydrogens is 274 g/mol. The number of nitrogens with zero attached hydrogens (tertiary/aromatic N) is 4. The van der Waals surface area contributed by atoms with Crippen LogP contribution in [0.25, 0.3) is 5.69 Å². The Bertz CT molecular complexity index is 652. The zero-order valence-corrected chi connectivity index (χ0v) is 11.6. The molecule has 0 atom stereocenters. The summed E-state index contributed by atoms with van der Waals surface area (Å²) in [6.45, 7) is 3.14. The SMILES string of the molecule is CC(C)(CNC(=O)c1cccc(-n2cnnn2)c1)C(=O)O. The average molecular weight is 289 g/mol. The number of carbonyl (C=O) groups excluding carboxylic acids is 1. The van der Waals surface area contributed by atoms with Gasteiger partial charge in [-0.1, -0.05) is 6.07 Å². The number of amides is 1. The van der Waals surface area contributed by atoms with E-state index >= 15 is 0 Å². The summed E-state index contributed by atoms with van der Waals surface area (Å²) in [5, 5.41) is 22.4. The third kappa shape index (κ3) is 3.41. The number of carboxylic acid groups (broad SMARTS) is 1. The number of benzene rings is 1. The van der Waals surface area contributed by atoms with Crippen molar-refractivity contribution in [3.05, 3.63) is 36.2 Å². The summed E-state index contributed by atoms with van der Waals surface area (Å²) < 4.78 is 1.43. The predicted molar refractivity (Wildman–Crippen MR) is 72.9 cm³/mol. The fourth-order valence-corrected chi connectivity index (χ4v) is 1.55. The van der Waals surface area contributed by atoms with Crippen LogP contribution in [0.2, 0.25) is 0 Å². The van der Waals surface area contributed by atoms with E-state index in [1.807, 2.05) is 0 Å². The van der Waals surface area contributed by atoms with Crippen LogP contribution < -0.4 is 5.32 Å². The summed E-state index contributed by atoms with van der Waals surface area (Å²) in [4.78, 5) is 23.1. The number of hydrogen-bond donors (Lipinski definition) is 2. The van der Waals surface area contributed by atoms with Crippen molar-refractivity contribution < 1.29 is 14.7 Å².